The van der Waals surface area contributed by atoms with Crippen LogP contribution in [0.1, 0.15) is 30.9 Å². The van der Waals surface area contributed by atoms with Crippen LogP contribution in [-0.4, -0.2) is 38.0 Å². The van der Waals surface area contributed by atoms with E-state index in [9.17, 15) is 5.11 Å². The Balaban J connectivity index is 1.81. The van der Waals surface area contributed by atoms with E-state index < -0.39 is 6.10 Å². The summed E-state index contributed by atoms with van der Waals surface area (Å²) in [5, 5.41) is 13.4. The fraction of sp³-hybridized carbons (Fsp3) is 0.600. The number of benzene rings is 1. The summed E-state index contributed by atoms with van der Waals surface area (Å²) < 4.78 is 10.7. The third-order valence-corrected chi connectivity index (χ3v) is 3.96. The number of aliphatic hydroxyl groups is 1. The van der Waals surface area contributed by atoms with Gasteiger partial charge in [0.05, 0.1) is 18.8 Å². The molecule has 1 unspecified atom stereocenters. The van der Waals surface area contributed by atoms with Crippen LogP contribution in [0.3, 0.4) is 0 Å². The van der Waals surface area contributed by atoms with Crippen LogP contribution < -0.4 is 10.1 Å². The van der Waals surface area contributed by atoms with E-state index in [1.165, 1.54) is 6.42 Å². The fourth-order valence-corrected chi connectivity index (χ4v) is 2.43. The molecule has 4 heteroatoms. The normalized spacial score (nSPS) is 18.7. The highest BCUT2D eigenvalue weighted by Crippen LogP contribution is 2.34. The average Bonchev–Trinajstić information content (AvgIpc) is 2.41. The molecule has 1 aliphatic carbocycles. The number of rotatable bonds is 7. The number of nitrogens with one attached hydrogen (secondary N) is 1. The average molecular weight is 265 g/mol. The van der Waals surface area contributed by atoms with Crippen molar-refractivity contribution in [2.24, 2.45) is 0 Å². The molecule has 2 N–H and O–H groups in total. The Morgan fingerprint density at radius 1 is 1.37 bits per heavy atom. The molecular weight excluding hydrogens is 242 g/mol. The maximum Gasteiger partial charge on any atom is 0.119 e. The van der Waals surface area contributed by atoms with Crippen molar-refractivity contribution in [3.8, 4) is 5.75 Å². The van der Waals surface area contributed by atoms with Gasteiger partial charge in [-0.1, -0.05) is 12.1 Å². The van der Waals surface area contributed by atoms with Crippen LogP contribution in [0.15, 0.2) is 24.3 Å². The molecule has 1 aromatic carbocycles. The van der Waals surface area contributed by atoms with Crippen molar-refractivity contribution in [2.75, 3.05) is 27.3 Å². The maximum atomic E-state index is 10.1. The molecule has 0 aliphatic heterocycles. The van der Waals surface area contributed by atoms with E-state index in [-0.39, 0.29) is 5.60 Å². The van der Waals surface area contributed by atoms with Gasteiger partial charge in [0.15, 0.2) is 0 Å². The summed E-state index contributed by atoms with van der Waals surface area (Å²) in [4.78, 5) is 0. The summed E-state index contributed by atoms with van der Waals surface area (Å²) in [6, 6.07) is 7.53. The quantitative estimate of drug-likeness (QED) is 0.790. The van der Waals surface area contributed by atoms with Crippen molar-refractivity contribution in [2.45, 2.75) is 31.0 Å². The summed E-state index contributed by atoms with van der Waals surface area (Å²) in [5.74, 6) is 0.768. The predicted molar refractivity (Wildman–Crippen MR) is 74.4 cm³/mol. The smallest absolute Gasteiger partial charge is 0.119 e. The second-order valence-corrected chi connectivity index (χ2v) is 5.16. The lowest BCUT2D eigenvalue weighted by atomic mass is 9.80. The summed E-state index contributed by atoms with van der Waals surface area (Å²) in [5.41, 5.74) is 0.862. The van der Waals surface area contributed by atoms with Gasteiger partial charge in [-0.2, -0.15) is 0 Å². The highest BCUT2D eigenvalue weighted by atomic mass is 16.5. The van der Waals surface area contributed by atoms with Gasteiger partial charge in [0.25, 0.3) is 0 Å². The molecule has 1 fully saturated rings. The first-order valence-corrected chi connectivity index (χ1v) is 6.77. The largest absolute Gasteiger partial charge is 0.497 e. The monoisotopic (exact) mass is 265 g/mol. The maximum absolute atomic E-state index is 10.1. The summed E-state index contributed by atoms with van der Waals surface area (Å²) >= 11 is 0. The van der Waals surface area contributed by atoms with Crippen LogP contribution in [0, 0.1) is 0 Å². The van der Waals surface area contributed by atoms with Gasteiger partial charge in [-0.25, -0.2) is 0 Å². The van der Waals surface area contributed by atoms with E-state index in [2.05, 4.69) is 5.32 Å². The SMILES string of the molecule is COc1cccc(C(O)CNCC2(OC)CCC2)c1. The van der Waals surface area contributed by atoms with Crippen LogP contribution in [0.25, 0.3) is 0 Å². The number of hydrogen-bond donors (Lipinski definition) is 2. The van der Waals surface area contributed by atoms with Gasteiger partial charge in [0, 0.05) is 20.2 Å². The molecule has 1 atom stereocenters. The zero-order valence-corrected chi connectivity index (χ0v) is 11.7. The molecule has 4 nitrogen and oxygen atoms in total. The van der Waals surface area contributed by atoms with Crippen molar-refractivity contribution < 1.29 is 14.6 Å². The van der Waals surface area contributed by atoms with E-state index in [1.807, 2.05) is 24.3 Å². The minimum atomic E-state index is -0.524. The molecular formula is C15H23NO3. The fourth-order valence-electron chi connectivity index (χ4n) is 2.43. The van der Waals surface area contributed by atoms with E-state index in [0.29, 0.717) is 6.54 Å². The van der Waals surface area contributed by atoms with Gasteiger partial charge >= 0.3 is 0 Å². The van der Waals surface area contributed by atoms with E-state index in [4.69, 9.17) is 9.47 Å². The molecule has 19 heavy (non-hydrogen) atoms. The van der Waals surface area contributed by atoms with Gasteiger partial charge < -0.3 is 19.9 Å². The van der Waals surface area contributed by atoms with Gasteiger partial charge in [-0.3, -0.25) is 0 Å². The highest BCUT2D eigenvalue weighted by Gasteiger charge is 2.36. The third-order valence-electron chi connectivity index (χ3n) is 3.96. The van der Waals surface area contributed by atoms with Crippen LogP contribution in [0.2, 0.25) is 0 Å². The Hall–Kier alpha value is -1.10. The van der Waals surface area contributed by atoms with Crippen molar-refractivity contribution in [3.63, 3.8) is 0 Å². The number of aliphatic hydroxyl groups excluding tert-OH is 1. The van der Waals surface area contributed by atoms with Crippen LogP contribution >= 0.6 is 0 Å². The summed E-state index contributed by atoms with van der Waals surface area (Å²) in [6.07, 6.45) is 2.91. The summed E-state index contributed by atoms with van der Waals surface area (Å²) in [6.45, 7) is 1.32. The van der Waals surface area contributed by atoms with Crippen LogP contribution in [-0.2, 0) is 4.74 Å². The topological polar surface area (TPSA) is 50.7 Å². The Bertz CT molecular complexity index is 399. The van der Waals surface area contributed by atoms with Gasteiger partial charge in [-0.15, -0.1) is 0 Å². The standard InChI is InChI=1S/C15H23NO3/c1-18-13-6-3-5-12(9-13)14(17)10-16-11-15(19-2)7-4-8-15/h3,5-6,9,14,16-17H,4,7-8,10-11H2,1-2H3. The Labute approximate surface area is 114 Å². The molecule has 106 valence electrons. The van der Waals surface area contributed by atoms with Crippen molar-refractivity contribution >= 4 is 0 Å². The first-order chi connectivity index (χ1) is 9.19. The molecule has 1 aromatic rings. The van der Waals surface area contributed by atoms with Gasteiger partial charge in [0.1, 0.15) is 5.75 Å². The van der Waals surface area contributed by atoms with Crippen molar-refractivity contribution in [3.05, 3.63) is 29.8 Å². The van der Waals surface area contributed by atoms with E-state index in [1.54, 1.807) is 14.2 Å². The predicted octanol–water partition coefficient (Wildman–Crippen LogP) is 1.89. The number of methoxy groups -OCH3 is 2. The van der Waals surface area contributed by atoms with Crippen LogP contribution in [0.4, 0.5) is 0 Å². The van der Waals surface area contributed by atoms with Crippen LogP contribution in [0.5, 0.6) is 5.75 Å². The first kappa shape index (κ1) is 14.3. The third kappa shape index (κ3) is 3.47. The molecule has 0 aromatic heterocycles. The number of hydrogen-bond acceptors (Lipinski definition) is 4. The molecule has 2 rings (SSSR count). The Morgan fingerprint density at radius 3 is 2.74 bits per heavy atom. The zero-order valence-electron chi connectivity index (χ0n) is 11.7. The minimum Gasteiger partial charge on any atom is -0.497 e. The highest BCUT2D eigenvalue weighted by molar-refractivity contribution is 5.29. The Morgan fingerprint density at radius 2 is 2.16 bits per heavy atom. The van der Waals surface area contributed by atoms with Crippen molar-refractivity contribution in [1.82, 2.24) is 5.32 Å². The molecule has 0 amide bonds. The minimum absolute atomic E-state index is 0.00586. The molecule has 0 bridgehead atoms. The van der Waals surface area contributed by atoms with Gasteiger partial charge in [-0.05, 0) is 37.0 Å². The zero-order chi connectivity index (χ0) is 13.7. The van der Waals surface area contributed by atoms with Crippen molar-refractivity contribution in [1.29, 1.82) is 0 Å². The van der Waals surface area contributed by atoms with E-state index in [0.717, 1.165) is 30.7 Å². The summed E-state index contributed by atoms with van der Waals surface area (Å²) in [7, 11) is 3.39. The molecule has 1 saturated carbocycles. The van der Waals surface area contributed by atoms with E-state index >= 15 is 0 Å². The lowest BCUT2D eigenvalue weighted by Crippen LogP contribution is -2.48. The Kier molecular flexibility index (Phi) is 4.80. The molecule has 0 heterocycles. The lowest BCUT2D eigenvalue weighted by molar-refractivity contribution is -0.0703. The number of ether oxygens (including phenoxy) is 2. The van der Waals surface area contributed by atoms with Gasteiger partial charge in [0.2, 0.25) is 0 Å². The lowest BCUT2D eigenvalue weighted by Gasteiger charge is -2.40. The molecule has 1 aliphatic rings. The molecule has 0 radical (unpaired) electrons. The second-order valence-electron chi connectivity index (χ2n) is 5.16. The molecule has 0 saturated heterocycles. The second kappa shape index (κ2) is 6.37. The molecule has 0 spiro atoms. The first-order valence-electron chi connectivity index (χ1n) is 6.77.